The first kappa shape index (κ1) is 13.9. The number of nitro groups is 1. The van der Waals surface area contributed by atoms with E-state index in [4.69, 9.17) is 16.3 Å². The van der Waals surface area contributed by atoms with Crippen molar-refractivity contribution in [2.45, 2.75) is 6.92 Å². The molecule has 7 heteroatoms. The lowest BCUT2D eigenvalue weighted by Gasteiger charge is -2.00. The number of nitro benzene ring substituents is 1. The zero-order valence-electron chi connectivity index (χ0n) is 9.99. The first-order valence-electron chi connectivity index (χ1n) is 5.09. The molecule has 2 N–H and O–H groups in total. The third-order valence-corrected chi connectivity index (χ3v) is 2.26. The van der Waals surface area contributed by atoms with Gasteiger partial charge in [-0.25, -0.2) is 4.99 Å². The summed E-state index contributed by atoms with van der Waals surface area (Å²) in [6.07, 6.45) is 0. The van der Waals surface area contributed by atoms with Gasteiger partial charge in [0.1, 0.15) is 17.8 Å². The third-order valence-electron chi connectivity index (χ3n) is 2.26. The molecular weight excluding hydrogens is 246 g/mol. The smallest absolute Gasteiger partial charge is 0.269 e. The summed E-state index contributed by atoms with van der Waals surface area (Å²) in [5.74, 6) is 0. The van der Waals surface area contributed by atoms with E-state index in [0.717, 1.165) is 0 Å². The Kier molecular flexibility index (Phi) is 4.34. The maximum absolute atomic E-state index is 10.5. The standard InChI is InChI=1S/C12H9N5O2/c1-8(16-12(7-14)11(15)6-13)9-2-4-10(5-3-9)17(18)19/h2-5H,15H2,1H3/b12-11-,16-8?. The molecule has 0 unspecified atom stereocenters. The minimum absolute atomic E-state index is 0.0378. The Bertz CT molecular complexity index is 644. The minimum Gasteiger partial charge on any atom is -0.388 e. The summed E-state index contributed by atoms with van der Waals surface area (Å²) in [5.41, 5.74) is 5.86. The largest absolute Gasteiger partial charge is 0.388 e. The molecule has 94 valence electrons. The van der Waals surface area contributed by atoms with E-state index in [1.54, 1.807) is 19.1 Å². The normalized spacial score (nSPS) is 12.1. The van der Waals surface area contributed by atoms with Crippen molar-refractivity contribution in [3.05, 3.63) is 51.3 Å². The number of nitrogens with two attached hydrogens (primary N) is 1. The number of hydrogen-bond acceptors (Lipinski definition) is 6. The van der Waals surface area contributed by atoms with Crippen molar-refractivity contribution in [2.24, 2.45) is 10.7 Å². The lowest BCUT2D eigenvalue weighted by Crippen LogP contribution is -2.01. The van der Waals surface area contributed by atoms with Crippen molar-refractivity contribution in [3.63, 3.8) is 0 Å². The number of nitrogens with zero attached hydrogens (tertiary/aromatic N) is 4. The quantitative estimate of drug-likeness (QED) is 0.379. The lowest BCUT2D eigenvalue weighted by atomic mass is 10.1. The van der Waals surface area contributed by atoms with Crippen LogP contribution >= 0.6 is 0 Å². The van der Waals surface area contributed by atoms with E-state index in [9.17, 15) is 10.1 Å². The number of non-ortho nitro benzene ring substituents is 1. The van der Waals surface area contributed by atoms with Gasteiger partial charge in [-0.1, -0.05) is 0 Å². The molecule has 7 nitrogen and oxygen atoms in total. The predicted octanol–water partition coefficient (Wildman–Crippen LogP) is 1.62. The zero-order valence-corrected chi connectivity index (χ0v) is 9.99. The van der Waals surface area contributed by atoms with Gasteiger partial charge in [-0.2, -0.15) is 10.5 Å². The summed E-state index contributed by atoms with van der Waals surface area (Å²) in [7, 11) is 0. The van der Waals surface area contributed by atoms with Gasteiger partial charge in [0.25, 0.3) is 5.69 Å². The van der Waals surface area contributed by atoms with Crippen LogP contribution in [0, 0.1) is 32.8 Å². The molecule has 0 heterocycles. The highest BCUT2D eigenvalue weighted by molar-refractivity contribution is 5.99. The van der Waals surface area contributed by atoms with Crippen molar-refractivity contribution < 1.29 is 4.92 Å². The molecule has 0 atom stereocenters. The van der Waals surface area contributed by atoms with Crippen LogP contribution in [0.5, 0.6) is 0 Å². The number of rotatable bonds is 3. The van der Waals surface area contributed by atoms with Gasteiger partial charge < -0.3 is 5.73 Å². The van der Waals surface area contributed by atoms with Crippen LogP contribution in [-0.4, -0.2) is 10.6 Å². The fourth-order valence-corrected chi connectivity index (χ4v) is 1.26. The Labute approximate surface area is 109 Å². The Morgan fingerprint density at radius 3 is 2.32 bits per heavy atom. The fraction of sp³-hybridized carbons (Fsp3) is 0.0833. The third kappa shape index (κ3) is 3.38. The van der Waals surface area contributed by atoms with Crippen LogP contribution in [-0.2, 0) is 0 Å². The average molecular weight is 255 g/mol. The van der Waals surface area contributed by atoms with Crippen molar-refractivity contribution >= 4 is 11.4 Å². The van der Waals surface area contributed by atoms with Crippen LogP contribution in [0.3, 0.4) is 0 Å². The van der Waals surface area contributed by atoms with Gasteiger partial charge in [-0.3, -0.25) is 10.1 Å². The second-order valence-electron chi connectivity index (χ2n) is 3.49. The second kappa shape index (κ2) is 5.94. The average Bonchev–Trinajstić information content (AvgIpc) is 2.43. The monoisotopic (exact) mass is 255 g/mol. The van der Waals surface area contributed by atoms with Gasteiger partial charge in [0, 0.05) is 17.8 Å². The SMILES string of the molecule is CC(=N/C(C#N)=C(\N)C#N)c1ccc([N+](=O)[O-])cc1. The molecule has 1 rings (SSSR count). The molecule has 0 aliphatic heterocycles. The van der Waals surface area contributed by atoms with Crippen LogP contribution in [0.4, 0.5) is 5.69 Å². The number of aliphatic imine (C=N–C) groups is 1. The molecule has 19 heavy (non-hydrogen) atoms. The van der Waals surface area contributed by atoms with Crippen molar-refractivity contribution in [1.82, 2.24) is 0 Å². The van der Waals surface area contributed by atoms with E-state index in [2.05, 4.69) is 4.99 Å². The van der Waals surface area contributed by atoms with Crippen molar-refractivity contribution in [1.29, 1.82) is 10.5 Å². The molecule has 0 bridgehead atoms. The van der Waals surface area contributed by atoms with E-state index < -0.39 is 4.92 Å². The van der Waals surface area contributed by atoms with Gasteiger partial charge in [0.15, 0.2) is 5.70 Å². The summed E-state index contributed by atoms with van der Waals surface area (Å²) in [6, 6.07) is 9.03. The second-order valence-corrected chi connectivity index (χ2v) is 3.49. The molecule has 0 saturated heterocycles. The highest BCUT2D eigenvalue weighted by Gasteiger charge is 2.07. The van der Waals surface area contributed by atoms with Gasteiger partial charge in [-0.15, -0.1) is 0 Å². The van der Waals surface area contributed by atoms with E-state index in [1.165, 1.54) is 24.3 Å². The fourth-order valence-electron chi connectivity index (χ4n) is 1.26. The van der Waals surface area contributed by atoms with Gasteiger partial charge in [0.2, 0.25) is 0 Å². The van der Waals surface area contributed by atoms with Gasteiger partial charge in [0.05, 0.1) is 4.92 Å². The topological polar surface area (TPSA) is 129 Å². The number of allylic oxidation sites excluding steroid dienone is 2. The zero-order chi connectivity index (χ0) is 14.4. The van der Waals surface area contributed by atoms with Crippen LogP contribution < -0.4 is 5.73 Å². The summed E-state index contributed by atoms with van der Waals surface area (Å²) < 4.78 is 0. The highest BCUT2D eigenvalue weighted by Crippen LogP contribution is 2.13. The molecule has 0 aromatic heterocycles. The molecule has 0 radical (unpaired) electrons. The summed E-state index contributed by atoms with van der Waals surface area (Å²) in [4.78, 5) is 13.9. The lowest BCUT2D eigenvalue weighted by molar-refractivity contribution is -0.384. The minimum atomic E-state index is -0.509. The molecule has 0 fully saturated rings. The van der Waals surface area contributed by atoms with Crippen LogP contribution in [0.2, 0.25) is 0 Å². The van der Waals surface area contributed by atoms with Crippen LogP contribution in [0.15, 0.2) is 40.7 Å². The van der Waals surface area contributed by atoms with E-state index in [1.807, 2.05) is 0 Å². The van der Waals surface area contributed by atoms with E-state index >= 15 is 0 Å². The molecule has 0 aliphatic carbocycles. The molecule has 0 amide bonds. The number of benzene rings is 1. The van der Waals surface area contributed by atoms with E-state index in [0.29, 0.717) is 11.3 Å². The summed E-state index contributed by atoms with van der Waals surface area (Å²) in [5, 5.41) is 27.9. The Hall–Kier alpha value is -3.19. The van der Waals surface area contributed by atoms with Crippen LogP contribution in [0.1, 0.15) is 12.5 Å². The maximum atomic E-state index is 10.5. The molecule has 1 aromatic carbocycles. The Morgan fingerprint density at radius 2 is 1.89 bits per heavy atom. The first-order chi connectivity index (χ1) is 8.99. The van der Waals surface area contributed by atoms with Gasteiger partial charge in [-0.05, 0) is 24.6 Å². The molecule has 0 saturated carbocycles. The molecule has 1 aromatic rings. The van der Waals surface area contributed by atoms with Crippen LogP contribution in [0.25, 0.3) is 0 Å². The first-order valence-corrected chi connectivity index (χ1v) is 5.09. The molecule has 0 spiro atoms. The number of nitriles is 2. The van der Waals surface area contributed by atoms with Gasteiger partial charge >= 0.3 is 0 Å². The summed E-state index contributed by atoms with van der Waals surface area (Å²) >= 11 is 0. The summed E-state index contributed by atoms with van der Waals surface area (Å²) in [6.45, 7) is 1.61. The van der Waals surface area contributed by atoms with Crippen molar-refractivity contribution in [2.75, 3.05) is 0 Å². The van der Waals surface area contributed by atoms with E-state index in [-0.39, 0.29) is 17.1 Å². The Morgan fingerprint density at radius 1 is 1.32 bits per heavy atom. The maximum Gasteiger partial charge on any atom is 0.269 e. The predicted molar refractivity (Wildman–Crippen MR) is 67.7 cm³/mol. The highest BCUT2D eigenvalue weighted by atomic mass is 16.6. The molecule has 0 aliphatic rings. The molecular formula is C12H9N5O2. The van der Waals surface area contributed by atoms with Crippen molar-refractivity contribution in [3.8, 4) is 12.1 Å². The Balaban J connectivity index is 3.14. The number of hydrogen-bond donors (Lipinski definition) is 1.